The molecule has 0 radical (unpaired) electrons. The van der Waals surface area contributed by atoms with E-state index in [0.717, 1.165) is 19.6 Å². The molecule has 0 fully saturated rings. The molecule has 1 unspecified atom stereocenters. The minimum Gasteiger partial charge on any atom is -0.313 e. The van der Waals surface area contributed by atoms with Crippen molar-refractivity contribution in [1.29, 1.82) is 0 Å². The van der Waals surface area contributed by atoms with E-state index in [0.29, 0.717) is 6.04 Å². The Balaban J connectivity index is 3.38. The standard InChI is InChI=1S/C11H26N2S/c1-5-13(6-2)10-11(3)12-8-7-9-14-4/h11-12H,5-10H2,1-4H3. The van der Waals surface area contributed by atoms with Crippen LogP contribution in [0.15, 0.2) is 0 Å². The van der Waals surface area contributed by atoms with Gasteiger partial charge in [0.2, 0.25) is 0 Å². The zero-order chi connectivity index (χ0) is 10.8. The Hall–Kier alpha value is 0.270. The van der Waals surface area contributed by atoms with Crippen LogP contribution < -0.4 is 5.32 Å². The lowest BCUT2D eigenvalue weighted by Gasteiger charge is -2.23. The summed E-state index contributed by atoms with van der Waals surface area (Å²) in [4.78, 5) is 2.46. The first-order valence-electron chi connectivity index (χ1n) is 5.69. The highest BCUT2D eigenvalue weighted by atomic mass is 32.2. The van der Waals surface area contributed by atoms with Gasteiger partial charge in [0.25, 0.3) is 0 Å². The van der Waals surface area contributed by atoms with E-state index in [4.69, 9.17) is 0 Å². The Morgan fingerprint density at radius 1 is 1.29 bits per heavy atom. The van der Waals surface area contributed by atoms with E-state index in [2.05, 4.69) is 37.2 Å². The monoisotopic (exact) mass is 218 g/mol. The van der Waals surface area contributed by atoms with E-state index in [1.54, 1.807) is 0 Å². The van der Waals surface area contributed by atoms with Gasteiger partial charge in [0, 0.05) is 12.6 Å². The molecule has 0 saturated carbocycles. The van der Waals surface area contributed by atoms with Gasteiger partial charge >= 0.3 is 0 Å². The first kappa shape index (κ1) is 14.3. The van der Waals surface area contributed by atoms with E-state index < -0.39 is 0 Å². The summed E-state index contributed by atoms with van der Waals surface area (Å²) in [6.07, 6.45) is 3.45. The van der Waals surface area contributed by atoms with E-state index in [1.165, 1.54) is 18.7 Å². The van der Waals surface area contributed by atoms with Crippen molar-refractivity contribution in [1.82, 2.24) is 10.2 Å². The van der Waals surface area contributed by atoms with Crippen LogP contribution in [-0.2, 0) is 0 Å². The summed E-state index contributed by atoms with van der Waals surface area (Å²) in [6.45, 7) is 11.4. The van der Waals surface area contributed by atoms with Gasteiger partial charge in [0.05, 0.1) is 0 Å². The van der Waals surface area contributed by atoms with Crippen molar-refractivity contribution in [2.45, 2.75) is 33.2 Å². The molecule has 0 aromatic heterocycles. The SMILES string of the molecule is CCN(CC)CC(C)NCCCSC. The van der Waals surface area contributed by atoms with Gasteiger partial charge < -0.3 is 10.2 Å². The molecular formula is C11H26N2S. The van der Waals surface area contributed by atoms with Crippen LogP contribution in [0.25, 0.3) is 0 Å². The largest absolute Gasteiger partial charge is 0.313 e. The summed E-state index contributed by atoms with van der Waals surface area (Å²) in [7, 11) is 0. The molecule has 2 nitrogen and oxygen atoms in total. The lowest BCUT2D eigenvalue weighted by atomic mass is 10.3. The summed E-state index contributed by atoms with van der Waals surface area (Å²) in [5, 5.41) is 3.56. The Morgan fingerprint density at radius 2 is 1.93 bits per heavy atom. The molecule has 0 heterocycles. The highest BCUT2D eigenvalue weighted by Gasteiger charge is 2.05. The third-order valence-corrected chi connectivity index (χ3v) is 3.14. The Morgan fingerprint density at radius 3 is 2.43 bits per heavy atom. The molecule has 0 aromatic rings. The fraction of sp³-hybridized carbons (Fsp3) is 1.00. The molecule has 0 aliphatic heterocycles. The minimum atomic E-state index is 0.622. The summed E-state index contributed by atoms with van der Waals surface area (Å²) in [5.74, 6) is 1.27. The van der Waals surface area contributed by atoms with Crippen LogP contribution in [0.1, 0.15) is 27.2 Å². The molecule has 14 heavy (non-hydrogen) atoms. The number of thioether (sulfide) groups is 1. The number of rotatable bonds is 9. The van der Waals surface area contributed by atoms with Crippen LogP contribution in [0.4, 0.5) is 0 Å². The van der Waals surface area contributed by atoms with Crippen molar-refractivity contribution in [3.8, 4) is 0 Å². The maximum Gasteiger partial charge on any atom is 0.0166 e. The zero-order valence-electron chi connectivity index (χ0n) is 10.2. The molecule has 0 rings (SSSR count). The van der Waals surface area contributed by atoms with Crippen molar-refractivity contribution in [3.63, 3.8) is 0 Å². The van der Waals surface area contributed by atoms with Crippen molar-refractivity contribution < 1.29 is 0 Å². The minimum absolute atomic E-state index is 0.622. The second-order valence-corrected chi connectivity index (χ2v) is 4.67. The molecule has 1 atom stereocenters. The van der Waals surface area contributed by atoms with Crippen LogP contribution >= 0.6 is 11.8 Å². The molecule has 0 amide bonds. The molecule has 3 heteroatoms. The Kier molecular flexibility index (Phi) is 10.0. The van der Waals surface area contributed by atoms with Crippen LogP contribution in [0.2, 0.25) is 0 Å². The van der Waals surface area contributed by atoms with Gasteiger partial charge in [-0.3, -0.25) is 0 Å². The number of hydrogen-bond donors (Lipinski definition) is 1. The lowest BCUT2D eigenvalue weighted by molar-refractivity contribution is 0.271. The number of likely N-dealkylation sites (N-methyl/N-ethyl adjacent to an activating group) is 1. The van der Waals surface area contributed by atoms with Gasteiger partial charge in [-0.2, -0.15) is 11.8 Å². The van der Waals surface area contributed by atoms with E-state index in [-0.39, 0.29) is 0 Å². The fourth-order valence-corrected chi connectivity index (χ4v) is 1.93. The topological polar surface area (TPSA) is 15.3 Å². The van der Waals surface area contributed by atoms with Gasteiger partial charge in [-0.25, -0.2) is 0 Å². The summed E-state index contributed by atoms with van der Waals surface area (Å²) in [5.41, 5.74) is 0. The van der Waals surface area contributed by atoms with Gasteiger partial charge in [-0.1, -0.05) is 13.8 Å². The lowest BCUT2D eigenvalue weighted by Crippen LogP contribution is -2.39. The summed E-state index contributed by atoms with van der Waals surface area (Å²) < 4.78 is 0. The van der Waals surface area contributed by atoms with E-state index >= 15 is 0 Å². The van der Waals surface area contributed by atoms with Crippen LogP contribution in [-0.4, -0.2) is 49.1 Å². The molecular weight excluding hydrogens is 192 g/mol. The average Bonchev–Trinajstić information content (AvgIpc) is 2.21. The molecule has 0 aromatic carbocycles. The van der Waals surface area contributed by atoms with Gasteiger partial charge in [0.15, 0.2) is 0 Å². The highest BCUT2D eigenvalue weighted by molar-refractivity contribution is 7.98. The predicted molar refractivity (Wildman–Crippen MR) is 68.3 cm³/mol. The average molecular weight is 218 g/mol. The van der Waals surface area contributed by atoms with E-state index in [1.807, 2.05) is 11.8 Å². The van der Waals surface area contributed by atoms with E-state index in [9.17, 15) is 0 Å². The molecule has 1 N–H and O–H groups in total. The summed E-state index contributed by atoms with van der Waals surface area (Å²) in [6, 6.07) is 0.622. The fourth-order valence-electron chi connectivity index (χ4n) is 1.50. The number of hydrogen-bond acceptors (Lipinski definition) is 3. The number of nitrogens with zero attached hydrogens (tertiary/aromatic N) is 1. The smallest absolute Gasteiger partial charge is 0.0166 e. The molecule has 0 saturated heterocycles. The second kappa shape index (κ2) is 9.81. The zero-order valence-corrected chi connectivity index (χ0v) is 11.0. The van der Waals surface area contributed by atoms with Crippen molar-refractivity contribution >= 4 is 11.8 Å². The van der Waals surface area contributed by atoms with Gasteiger partial charge in [-0.15, -0.1) is 0 Å². The van der Waals surface area contributed by atoms with Crippen molar-refractivity contribution in [2.24, 2.45) is 0 Å². The van der Waals surface area contributed by atoms with Crippen LogP contribution in [0.5, 0.6) is 0 Å². The maximum atomic E-state index is 3.56. The molecule has 0 spiro atoms. The van der Waals surface area contributed by atoms with Crippen molar-refractivity contribution in [3.05, 3.63) is 0 Å². The first-order valence-corrected chi connectivity index (χ1v) is 7.08. The van der Waals surface area contributed by atoms with Gasteiger partial charge in [0.1, 0.15) is 0 Å². The molecule has 0 aliphatic rings. The number of nitrogens with one attached hydrogen (secondary N) is 1. The second-order valence-electron chi connectivity index (χ2n) is 3.69. The predicted octanol–water partition coefficient (Wildman–Crippen LogP) is 2.06. The third-order valence-electron chi connectivity index (χ3n) is 2.44. The summed E-state index contributed by atoms with van der Waals surface area (Å²) >= 11 is 1.93. The first-order chi connectivity index (χ1) is 6.74. The third kappa shape index (κ3) is 7.65. The van der Waals surface area contributed by atoms with Crippen molar-refractivity contribution in [2.75, 3.05) is 38.2 Å². The Bertz CT molecular complexity index is 116. The Labute approximate surface area is 93.8 Å². The molecule has 86 valence electrons. The molecule has 0 bridgehead atoms. The van der Waals surface area contributed by atoms with Gasteiger partial charge in [-0.05, 0) is 45.0 Å². The highest BCUT2D eigenvalue weighted by Crippen LogP contribution is 1.95. The van der Waals surface area contributed by atoms with Crippen LogP contribution in [0.3, 0.4) is 0 Å². The quantitative estimate of drug-likeness (QED) is 0.596. The molecule has 0 aliphatic carbocycles. The maximum absolute atomic E-state index is 3.56. The van der Waals surface area contributed by atoms with Crippen LogP contribution in [0, 0.1) is 0 Å². The normalized spacial score (nSPS) is 13.5.